The van der Waals surface area contributed by atoms with E-state index >= 15 is 0 Å². The Balaban J connectivity index is 0.000000817. The first-order valence-electron chi connectivity index (χ1n) is 8.22. The number of benzene rings is 2. The molecule has 0 bridgehead atoms. The molecule has 3 rings (SSSR count). The quantitative estimate of drug-likeness (QED) is 0.618. The summed E-state index contributed by atoms with van der Waals surface area (Å²) < 4.78 is 31.3. The normalized spacial score (nSPS) is 16.3. The maximum Gasteiger partial charge on any atom is 0.210 e. The molecule has 1 amide bonds. The summed E-state index contributed by atoms with van der Waals surface area (Å²) in [5.41, 5.74) is 8.62. The number of carbonyl (C=O) groups is 1. The van der Waals surface area contributed by atoms with Crippen LogP contribution in [0.15, 0.2) is 42.5 Å². The van der Waals surface area contributed by atoms with Gasteiger partial charge in [-0.3, -0.25) is 4.79 Å². The third kappa shape index (κ3) is 5.28. The lowest BCUT2D eigenvalue weighted by Crippen LogP contribution is -2.31. The second kappa shape index (κ2) is 9.48. The standard InChI is InChI=1S/C18H15ClF2N2O.C2H6O/c19-13-1-2-17(22)16(8-13)11-3-4-23(10-24)18(7-11)12-5-14(20)9-15(21)6-12;1-3-2/h1-2,5-10,18H,3-4,22H2;1-2H3. The molecule has 27 heavy (non-hydrogen) atoms. The summed E-state index contributed by atoms with van der Waals surface area (Å²) in [4.78, 5) is 12.8. The lowest BCUT2D eigenvalue weighted by atomic mass is 9.92. The van der Waals surface area contributed by atoms with Gasteiger partial charge >= 0.3 is 0 Å². The third-order valence-corrected chi connectivity index (χ3v) is 4.31. The van der Waals surface area contributed by atoms with E-state index in [2.05, 4.69) is 4.74 Å². The van der Waals surface area contributed by atoms with Crippen LogP contribution in [0.5, 0.6) is 0 Å². The highest BCUT2D eigenvalue weighted by atomic mass is 35.5. The van der Waals surface area contributed by atoms with Gasteiger partial charge < -0.3 is 15.4 Å². The van der Waals surface area contributed by atoms with Crippen molar-refractivity contribution in [2.75, 3.05) is 26.5 Å². The van der Waals surface area contributed by atoms with Crippen molar-refractivity contribution in [2.24, 2.45) is 0 Å². The molecule has 2 aromatic carbocycles. The van der Waals surface area contributed by atoms with Crippen molar-refractivity contribution in [2.45, 2.75) is 12.5 Å². The highest BCUT2D eigenvalue weighted by Crippen LogP contribution is 2.36. The molecule has 1 atom stereocenters. The van der Waals surface area contributed by atoms with Crippen LogP contribution in [0.3, 0.4) is 0 Å². The molecule has 0 aromatic heterocycles. The minimum Gasteiger partial charge on any atom is -0.398 e. The number of hydrogen-bond acceptors (Lipinski definition) is 3. The van der Waals surface area contributed by atoms with E-state index in [1.165, 1.54) is 17.0 Å². The average Bonchev–Trinajstić information content (AvgIpc) is 2.63. The number of halogens is 3. The zero-order valence-corrected chi connectivity index (χ0v) is 15.8. The summed E-state index contributed by atoms with van der Waals surface area (Å²) in [6, 6.07) is 7.85. The van der Waals surface area contributed by atoms with Crippen LogP contribution < -0.4 is 5.73 Å². The molecule has 0 spiro atoms. The van der Waals surface area contributed by atoms with Gasteiger partial charge in [0.05, 0.1) is 6.04 Å². The van der Waals surface area contributed by atoms with Gasteiger partial charge in [-0.2, -0.15) is 0 Å². The largest absolute Gasteiger partial charge is 0.398 e. The summed E-state index contributed by atoms with van der Waals surface area (Å²) in [5.74, 6) is -1.36. The number of nitrogens with two attached hydrogens (primary N) is 1. The van der Waals surface area contributed by atoms with Gasteiger partial charge in [-0.1, -0.05) is 17.7 Å². The van der Waals surface area contributed by atoms with Crippen LogP contribution in [-0.4, -0.2) is 32.1 Å². The van der Waals surface area contributed by atoms with Crippen LogP contribution in [0.1, 0.15) is 23.6 Å². The molecule has 0 saturated carbocycles. The van der Waals surface area contributed by atoms with Crippen molar-refractivity contribution in [3.8, 4) is 0 Å². The van der Waals surface area contributed by atoms with Crippen LogP contribution in [0, 0.1) is 11.6 Å². The molecule has 2 aromatic rings. The summed E-state index contributed by atoms with van der Waals surface area (Å²) in [7, 11) is 3.25. The highest BCUT2D eigenvalue weighted by Gasteiger charge is 2.24. The Hall–Kier alpha value is -2.44. The van der Waals surface area contributed by atoms with Crippen molar-refractivity contribution < 1.29 is 18.3 Å². The molecule has 2 N–H and O–H groups in total. The van der Waals surface area contributed by atoms with Gasteiger partial charge in [-0.25, -0.2) is 8.78 Å². The van der Waals surface area contributed by atoms with E-state index in [9.17, 15) is 13.6 Å². The van der Waals surface area contributed by atoms with Gasteiger partial charge in [0.1, 0.15) is 11.6 Å². The minimum absolute atomic E-state index is 0.373. The average molecular weight is 395 g/mol. The van der Waals surface area contributed by atoms with Crippen molar-refractivity contribution in [3.63, 3.8) is 0 Å². The van der Waals surface area contributed by atoms with Crippen LogP contribution in [-0.2, 0) is 9.53 Å². The number of amides is 1. The molecule has 0 saturated heterocycles. The molecule has 0 aliphatic carbocycles. The van der Waals surface area contributed by atoms with Crippen LogP contribution >= 0.6 is 11.6 Å². The highest BCUT2D eigenvalue weighted by molar-refractivity contribution is 6.30. The van der Waals surface area contributed by atoms with Crippen molar-refractivity contribution in [1.29, 1.82) is 0 Å². The van der Waals surface area contributed by atoms with E-state index in [1.807, 2.05) is 0 Å². The molecular formula is C20H21ClF2N2O2. The molecule has 1 aliphatic heterocycles. The summed E-state index contributed by atoms with van der Waals surface area (Å²) >= 11 is 6.04. The lowest BCUT2D eigenvalue weighted by Gasteiger charge is -2.32. The Kier molecular flexibility index (Phi) is 7.33. The zero-order valence-electron chi connectivity index (χ0n) is 15.1. The minimum atomic E-state index is -0.682. The molecule has 7 heteroatoms. The van der Waals surface area contributed by atoms with E-state index < -0.39 is 17.7 Å². The first kappa shape index (κ1) is 20.9. The Morgan fingerprint density at radius 3 is 2.41 bits per heavy atom. The Labute approximate surface area is 162 Å². The number of nitrogens with zero attached hydrogens (tertiary/aromatic N) is 1. The second-order valence-electron chi connectivity index (χ2n) is 6.07. The van der Waals surface area contributed by atoms with Gasteiger partial charge in [-0.05, 0) is 47.9 Å². The molecule has 1 unspecified atom stereocenters. The van der Waals surface area contributed by atoms with Gasteiger partial charge in [-0.15, -0.1) is 0 Å². The summed E-state index contributed by atoms with van der Waals surface area (Å²) in [6.45, 7) is 0.421. The van der Waals surface area contributed by atoms with Gasteiger partial charge in [0, 0.05) is 43.1 Å². The monoisotopic (exact) mass is 394 g/mol. The van der Waals surface area contributed by atoms with Crippen LogP contribution in [0.2, 0.25) is 5.02 Å². The summed E-state index contributed by atoms with van der Waals surface area (Å²) in [5, 5.41) is 0.547. The predicted molar refractivity (Wildman–Crippen MR) is 103 cm³/mol. The zero-order chi connectivity index (χ0) is 20.0. The fourth-order valence-corrected chi connectivity index (χ4v) is 3.11. The van der Waals surface area contributed by atoms with E-state index in [1.54, 1.807) is 38.5 Å². The SMILES string of the molecule is COC.Nc1ccc(Cl)cc1C1=CC(c2cc(F)cc(F)c2)N(C=O)CC1. The maximum atomic E-state index is 13.5. The Morgan fingerprint density at radius 2 is 1.81 bits per heavy atom. The fraction of sp³-hybridized carbons (Fsp3) is 0.250. The third-order valence-electron chi connectivity index (χ3n) is 4.08. The van der Waals surface area contributed by atoms with Crippen molar-refractivity contribution in [3.05, 3.63) is 70.3 Å². The number of ether oxygens (including phenoxy) is 1. The number of rotatable bonds is 3. The van der Waals surface area contributed by atoms with Gasteiger partial charge in [0.15, 0.2) is 0 Å². The van der Waals surface area contributed by atoms with E-state index in [0.717, 1.165) is 17.2 Å². The van der Waals surface area contributed by atoms with Crippen molar-refractivity contribution in [1.82, 2.24) is 4.90 Å². The predicted octanol–water partition coefficient (Wildman–Crippen LogP) is 4.45. The molecule has 144 valence electrons. The Bertz CT molecular complexity index is 822. The molecule has 4 nitrogen and oxygen atoms in total. The number of carbonyl (C=O) groups excluding carboxylic acids is 1. The molecule has 1 heterocycles. The maximum absolute atomic E-state index is 13.5. The molecule has 1 aliphatic rings. The fourth-order valence-electron chi connectivity index (χ4n) is 2.94. The second-order valence-corrected chi connectivity index (χ2v) is 6.51. The number of nitrogen functional groups attached to an aromatic ring is 1. The first-order chi connectivity index (χ1) is 12.9. The number of hydrogen-bond donors (Lipinski definition) is 1. The topological polar surface area (TPSA) is 55.6 Å². The van der Waals surface area contributed by atoms with E-state index in [0.29, 0.717) is 35.6 Å². The Morgan fingerprint density at radius 1 is 1.19 bits per heavy atom. The van der Waals surface area contributed by atoms with Crippen LogP contribution in [0.25, 0.3) is 5.57 Å². The summed E-state index contributed by atoms with van der Waals surface area (Å²) in [6.07, 6.45) is 3.06. The molecular weight excluding hydrogens is 374 g/mol. The van der Waals surface area contributed by atoms with E-state index in [4.69, 9.17) is 17.3 Å². The van der Waals surface area contributed by atoms with Crippen molar-refractivity contribution >= 4 is 29.3 Å². The molecule has 0 radical (unpaired) electrons. The van der Waals surface area contributed by atoms with E-state index in [-0.39, 0.29) is 0 Å². The molecule has 0 fully saturated rings. The smallest absolute Gasteiger partial charge is 0.210 e. The first-order valence-corrected chi connectivity index (χ1v) is 8.60. The van der Waals surface area contributed by atoms with Crippen LogP contribution in [0.4, 0.5) is 14.5 Å². The lowest BCUT2D eigenvalue weighted by molar-refractivity contribution is -0.119. The number of methoxy groups -OCH3 is 1. The van der Waals surface area contributed by atoms with Gasteiger partial charge in [0.2, 0.25) is 6.41 Å². The van der Waals surface area contributed by atoms with Gasteiger partial charge in [0.25, 0.3) is 0 Å². The number of anilines is 1.